The molecule has 2 aliphatic rings. The number of amides is 2. The molecule has 0 saturated carbocycles. The SMILES string of the molecule is CC(C)(C)c1csc(CN2C(=O)C[C@@]3(CCSC3)C2=O)n1. The Bertz CT molecular complexity index is 583. The lowest BCUT2D eigenvalue weighted by Crippen LogP contribution is -2.35. The zero-order chi connectivity index (χ0) is 15.3. The number of rotatable bonds is 2. The first-order valence-electron chi connectivity index (χ1n) is 7.19. The highest BCUT2D eigenvalue weighted by molar-refractivity contribution is 7.99. The maximum absolute atomic E-state index is 12.6. The smallest absolute Gasteiger partial charge is 0.237 e. The molecule has 114 valence electrons. The lowest BCUT2D eigenvalue weighted by Gasteiger charge is -2.19. The maximum atomic E-state index is 12.6. The predicted octanol–water partition coefficient (Wildman–Crippen LogP) is 2.82. The van der Waals surface area contributed by atoms with Gasteiger partial charge in [-0.05, 0) is 12.2 Å². The van der Waals surface area contributed by atoms with Gasteiger partial charge in [0.15, 0.2) is 0 Å². The number of nitrogens with zero attached hydrogens (tertiary/aromatic N) is 2. The lowest BCUT2D eigenvalue weighted by molar-refractivity contribution is -0.141. The van der Waals surface area contributed by atoms with E-state index in [1.807, 2.05) is 5.38 Å². The average molecular weight is 324 g/mol. The van der Waals surface area contributed by atoms with Gasteiger partial charge in [0.05, 0.1) is 17.7 Å². The molecule has 6 heteroatoms. The lowest BCUT2D eigenvalue weighted by atomic mass is 9.86. The molecule has 1 atom stereocenters. The normalized spacial score (nSPS) is 26.3. The molecule has 0 aliphatic carbocycles. The van der Waals surface area contributed by atoms with Crippen LogP contribution in [0.3, 0.4) is 0 Å². The molecule has 21 heavy (non-hydrogen) atoms. The van der Waals surface area contributed by atoms with Crippen LogP contribution in [0.4, 0.5) is 0 Å². The van der Waals surface area contributed by atoms with Gasteiger partial charge < -0.3 is 0 Å². The zero-order valence-corrected chi connectivity index (χ0v) is 14.3. The van der Waals surface area contributed by atoms with Crippen molar-refractivity contribution in [2.75, 3.05) is 11.5 Å². The van der Waals surface area contributed by atoms with Crippen molar-refractivity contribution in [2.45, 2.75) is 45.6 Å². The molecule has 0 radical (unpaired) electrons. The molecular weight excluding hydrogens is 304 g/mol. The summed E-state index contributed by atoms with van der Waals surface area (Å²) in [4.78, 5) is 30.9. The molecule has 0 bridgehead atoms. The summed E-state index contributed by atoms with van der Waals surface area (Å²) in [6, 6.07) is 0. The Kier molecular flexibility index (Phi) is 3.64. The first-order valence-corrected chi connectivity index (χ1v) is 9.23. The van der Waals surface area contributed by atoms with Crippen LogP contribution in [0.1, 0.15) is 44.3 Å². The van der Waals surface area contributed by atoms with E-state index in [9.17, 15) is 9.59 Å². The molecule has 2 saturated heterocycles. The van der Waals surface area contributed by atoms with Crippen LogP contribution in [-0.4, -0.2) is 33.2 Å². The van der Waals surface area contributed by atoms with E-state index in [4.69, 9.17) is 0 Å². The van der Waals surface area contributed by atoms with Crippen molar-refractivity contribution in [1.29, 1.82) is 0 Å². The van der Waals surface area contributed by atoms with E-state index < -0.39 is 5.41 Å². The Morgan fingerprint density at radius 1 is 1.38 bits per heavy atom. The van der Waals surface area contributed by atoms with Crippen molar-refractivity contribution in [3.05, 3.63) is 16.1 Å². The second kappa shape index (κ2) is 5.09. The molecule has 4 nitrogen and oxygen atoms in total. The van der Waals surface area contributed by atoms with Gasteiger partial charge in [0.1, 0.15) is 5.01 Å². The summed E-state index contributed by atoms with van der Waals surface area (Å²) in [5, 5.41) is 2.88. The molecule has 0 aromatic carbocycles. The van der Waals surface area contributed by atoms with Crippen LogP contribution in [0.25, 0.3) is 0 Å². The van der Waals surface area contributed by atoms with Gasteiger partial charge in [0, 0.05) is 23.0 Å². The molecule has 3 rings (SSSR count). The third-order valence-corrected chi connectivity index (χ3v) is 6.29. The van der Waals surface area contributed by atoms with Crippen molar-refractivity contribution in [2.24, 2.45) is 5.41 Å². The van der Waals surface area contributed by atoms with Crippen LogP contribution in [0.2, 0.25) is 0 Å². The summed E-state index contributed by atoms with van der Waals surface area (Å²) in [6.07, 6.45) is 1.22. The van der Waals surface area contributed by atoms with Gasteiger partial charge in [0.25, 0.3) is 0 Å². The Labute approximate surface area is 133 Å². The summed E-state index contributed by atoms with van der Waals surface area (Å²) in [5.74, 6) is 1.76. The van der Waals surface area contributed by atoms with Crippen LogP contribution >= 0.6 is 23.1 Å². The molecule has 3 heterocycles. The standard InChI is InChI=1S/C15H20N2O2S2/c1-14(2,3)10-8-21-11(16-10)7-17-12(18)6-15(13(17)19)4-5-20-9-15/h8H,4-7,9H2,1-3H3/t15-/m1/s1. The third-order valence-electron chi connectivity index (χ3n) is 4.21. The topological polar surface area (TPSA) is 50.3 Å². The van der Waals surface area contributed by atoms with E-state index in [1.54, 1.807) is 11.8 Å². The molecule has 1 aromatic heterocycles. The molecule has 2 amide bonds. The van der Waals surface area contributed by atoms with E-state index in [-0.39, 0.29) is 17.2 Å². The first-order chi connectivity index (χ1) is 9.82. The van der Waals surface area contributed by atoms with Crippen LogP contribution in [-0.2, 0) is 21.5 Å². The van der Waals surface area contributed by atoms with Gasteiger partial charge in [-0.25, -0.2) is 4.98 Å². The van der Waals surface area contributed by atoms with Crippen molar-refractivity contribution in [3.8, 4) is 0 Å². The van der Waals surface area contributed by atoms with Crippen molar-refractivity contribution in [3.63, 3.8) is 0 Å². The van der Waals surface area contributed by atoms with Gasteiger partial charge in [-0.1, -0.05) is 20.8 Å². The molecule has 0 unspecified atom stereocenters. The minimum absolute atomic E-state index is 0.00288. The molecule has 2 aliphatic heterocycles. The van der Waals surface area contributed by atoms with E-state index in [0.29, 0.717) is 13.0 Å². The van der Waals surface area contributed by atoms with Crippen LogP contribution in [0.5, 0.6) is 0 Å². The fourth-order valence-corrected chi connectivity index (χ4v) is 5.25. The number of hydrogen-bond acceptors (Lipinski definition) is 5. The van der Waals surface area contributed by atoms with Crippen molar-refractivity contribution >= 4 is 34.9 Å². The van der Waals surface area contributed by atoms with Gasteiger partial charge >= 0.3 is 0 Å². The number of carbonyl (C=O) groups excluding carboxylic acids is 2. The van der Waals surface area contributed by atoms with E-state index >= 15 is 0 Å². The molecule has 1 spiro atoms. The average Bonchev–Trinajstić information content (AvgIpc) is 3.07. The highest BCUT2D eigenvalue weighted by Crippen LogP contribution is 2.45. The predicted molar refractivity (Wildman–Crippen MR) is 85.4 cm³/mol. The van der Waals surface area contributed by atoms with Crippen LogP contribution in [0, 0.1) is 5.41 Å². The van der Waals surface area contributed by atoms with Crippen molar-refractivity contribution < 1.29 is 9.59 Å². The summed E-state index contributed by atoms with van der Waals surface area (Å²) < 4.78 is 0. The number of thiazole rings is 1. The van der Waals surface area contributed by atoms with E-state index in [1.165, 1.54) is 16.2 Å². The second-order valence-electron chi connectivity index (χ2n) is 6.92. The van der Waals surface area contributed by atoms with Gasteiger partial charge in [-0.3, -0.25) is 14.5 Å². The largest absolute Gasteiger partial charge is 0.275 e. The van der Waals surface area contributed by atoms with Crippen molar-refractivity contribution in [1.82, 2.24) is 9.88 Å². The number of aromatic nitrogens is 1. The van der Waals surface area contributed by atoms with E-state index in [2.05, 4.69) is 25.8 Å². The monoisotopic (exact) mass is 324 g/mol. The Morgan fingerprint density at radius 2 is 2.14 bits per heavy atom. The Hall–Kier alpha value is -0.880. The molecular formula is C15H20N2O2S2. The summed E-state index contributed by atoms with van der Waals surface area (Å²) in [7, 11) is 0. The summed E-state index contributed by atoms with van der Waals surface area (Å²) in [6.45, 7) is 6.68. The third kappa shape index (κ3) is 2.63. The minimum Gasteiger partial charge on any atom is -0.275 e. The van der Waals surface area contributed by atoms with Crippen LogP contribution in [0.15, 0.2) is 5.38 Å². The zero-order valence-electron chi connectivity index (χ0n) is 12.6. The molecule has 1 aromatic rings. The Balaban J connectivity index is 1.77. The summed E-state index contributed by atoms with van der Waals surface area (Å²) in [5.41, 5.74) is 0.607. The highest BCUT2D eigenvalue weighted by Gasteiger charge is 2.53. The Morgan fingerprint density at radius 3 is 2.71 bits per heavy atom. The quantitative estimate of drug-likeness (QED) is 0.785. The minimum atomic E-state index is -0.411. The number of imide groups is 1. The van der Waals surface area contributed by atoms with Crippen LogP contribution < -0.4 is 0 Å². The number of hydrogen-bond donors (Lipinski definition) is 0. The van der Waals surface area contributed by atoms with Gasteiger partial charge in [0.2, 0.25) is 11.8 Å². The number of carbonyl (C=O) groups is 2. The number of likely N-dealkylation sites (tertiary alicyclic amines) is 1. The van der Waals surface area contributed by atoms with E-state index in [0.717, 1.165) is 28.6 Å². The fraction of sp³-hybridized carbons (Fsp3) is 0.667. The molecule has 0 N–H and O–H groups in total. The number of thioether (sulfide) groups is 1. The first kappa shape index (κ1) is 15.0. The van der Waals surface area contributed by atoms with Gasteiger partial charge in [-0.15, -0.1) is 11.3 Å². The highest BCUT2D eigenvalue weighted by atomic mass is 32.2. The molecule has 2 fully saturated rings. The summed E-state index contributed by atoms with van der Waals surface area (Å²) >= 11 is 3.31. The second-order valence-corrected chi connectivity index (χ2v) is 8.97. The fourth-order valence-electron chi connectivity index (χ4n) is 2.80. The van der Waals surface area contributed by atoms with Gasteiger partial charge in [-0.2, -0.15) is 11.8 Å². The maximum Gasteiger partial charge on any atom is 0.237 e.